The van der Waals surface area contributed by atoms with Gasteiger partial charge in [0.2, 0.25) is 0 Å². The second-order valence-electron chi connectivity index (χ2n) is 6.43. The smallest absolute Gasteiger partial charge is 0.119 e. The number of hydrogen-bond acceptors (Lipinski definition) is 3. The van der Waals surface area contributed by atoms with Crippen molar-refractivity contribution in [1.82, 2.24) is 0 Å². The number of benzene rings is 1. The maximum atomic E-state index is 9.41. The lowest BCUT2D eigenvalue weighted by molar-refractivity contribution is 0.180. The highest BCUT2D eigenvalue weighted by molar-refractivity contribution is 5.36. The molecule has 3 heteroatoms. The molecule has 0 unspecified atom stereocenters. The van der Waals surface area contributed by atoms with Gasteiger partial charge in [0.1, 0.15) is 11.5 Å². The van der Waals surface area contributed by atoms with Crippen molar-refractivity contribution < 1.29 is 15.3 Å². The summed E-state index contributed by atoms with van der Waals surface area (Å²) in [6.45, 7) is 1.86. The van der Waals surface area contributed by atoms with E-state index in [4.69, 9.17) is 5.11 Å². The number of unbranched alkanes of at least 4 members (excludes halogenated alkanes) is 8. The van der Waals surface area contributed by atoms with Gasteiger partial charge in [-0.15, -0.1) is 0 Å². The van der Waals surface area contributed by atoms with Gasteiger partial charge in [0, 0.05) is 6.07 Å². The van der Waals surface area contributed by atoms with E-state index in [1.165, 1.54) is 51.0 Å². The molecule has 0 heterocycles. The SMILES string of the molecule is C[C@H](O)CCCCCCCCCCCc1cc(O)cc(O)c1. The second-order valence-corrected chi connectivity index (χ2v) is 6.43. The summed E-state index contributed by atoms with van der Waals surface area (Å²) in [5, 5.41) is 28.0. The van der Waals surface area contributed by atoms with E-state index in [2.05, 4.69) is 0 Å². The van der Waals surface area contributed by atoms with E-state index in [-0.39, 0.29) is 17.6 Å². The Balaban J connectivity index is 1.91. The number of hydrogen-bond donors (Lipinski definition) is 3. The molecule has 0 aliphatic heterocycles. The molecule has 0 spiro atoms. The molecule has 0 amide bonds. The Bertz CT molecular complexity index is 381. The van der Waals surface area contributed by atoms with Crippen LogP contribution in [0.25, 0.3) is 0 Å². The van der Waals surface area contributed by atoms with Crippen LogP contribution in [0.15, 0.2) is 18.2 Å². The molecule has 0 radical (unpaired) electrons. The largest absolute Gasteiger partial charge is 0.508 e. The summed E-state index contributed by atoms with van der Waals surface area (Å²) in [5.41, 5.74) is 1.01. The fraction of sp³-hybridized carbons (Fsp3) is 0.684. The van der Waals surface area contributed by atoms with E-state index in [1.807, 2.05) is 6.92 Å². The van der Waals surface area contributed by atoms with Crippen molar-refractivity contribution in [2.75, 3.05) is 0 Å². The maximum absolute atomic E-state index is 9.41. The first-order valence-electron chi connectivity index (χ1n) is 8.78. The molecule has 1 rings (SSSR count). The second kappa shape index (κ2) is 11.4. The Kier molecular flexibility index (Phi) is 9.72. The molecular formula is C19H32O3. The van der Waals surface area contributed by atoms with Crippen LogP contribution in [0.4, 0.5) is 0 Å². The van der Waals surface area contributed by atoms with Crippen LogP contribution in [-0.2, 0) is 6.42 Å². The molecule has 126 valence electrons. The molecule has 1 aromatic carbocycles. The third-order valence-electron chi connectivity index (χ3n) is 4.05. The minimum absolute atomic E-state index is 0.144. The molecule has 1 atom stereocenters. The summed E-state index contributed by atoms with van der Waals surface area (Å²) in [7, 11) is 0. The van der Waals surface area contributed by atoms with Crippen molar-refractivity contribution >= 4 is 0 Å². The van der Waals surface area contributed by atoms with E-state index in [9.17, 15) is 10.2 Å². The van der Waals surface area contributed by atoms with Crippen LogP contribution in [0.3, 0.4) is 0 Å². The summed E-state index contributed by atoms with van der Waals surface area (Å²) in [4.78, 5) is 0. The van der Waals surface area contributed by atoms with Gasteiger partial charge in [-0.2, -0.15) is 0 Å². The lowest BCUT2D eigenvalue weighted by Crippen LogP contribution is -1.98. The number of phenols is 2. The number of rotatable bonds is 12. The van der Waals surface area contributed by atoms with Gasteiger partial charge in [0.05, 0.1) is 6.10 Å². The van der Waals surface area contributed by atoms with Crippen molar-refractivity contribution in [2.24, 2.45) is 0 Å². The Morgan fingerprint density at radius 3 is 1.68 bits per heavy atom. The number of phenolic OH excluding ortho intramolecular Hbond substituents is 2. The zero-order valence-electron chi connectivity index (χ0n) is 13.9. The predicted molar refractivity (Wildman–Crippen MR) is 91.3 cm³/mol. The Morgan fingerprint density at radius 2 is 1.18 bits per heavy atom. The summed E-state index contributed by atoms with van der Waals surface area (Å²) < 4.78 is 0. The fourth-order valence-corrected chi connectivity index (χ4v) is 2.81. The van der Waals surface area contributed by atoms with Crippen molar-refractivity contribution in [2.45, 2.75) is 83.7 Å². The molecular weight excluding hydrogens is 276 g/mol. The third kappa shape index (κ3) is 9.67. The van der Waals surface area contributed by atoms with Gasteiger partial charge in [0.15, 0.2) is 0 Å². The molecule has 3 nitrogen and oxygen atoms in total. The van der Waals surface area contributed by atoms with Gasteiger partial charge in [-0.25, -0.2) is 0 Å². The van der Waals surface area contributed by atoms with Gasteiger partial charge in [-0.1, -0.05) is 51.4 Å². The Hall–Kier alpha value is -1.22. The third-order valence-corrected chi connectivity index (χ3v) is 4.05. The van der Waals surface area contributed by atoms with Crippen LogP contribution >= 0.6 is 0 Å². The number of aliphatic hydroxyl groups excluding tert-OH is 1. The average molecular weight is 308 g/mol. The Labute approximate surface area is 135 Å². The van der Waals surface area contributed by atoms with E-state index in [0.29, 0.717) is 0 Å². The minimum Gasteiger partial charge on any atom is -0.508 e. The molecule has 0 aliphatic rings. The molecule has 0 aliphatic carbocycles. The van der Waals surface area contributed by atoms with Crippen molar-refractivity contribution in [3.05, 3.63) is 23.8 Å². The molecule has 0 bridgehead atoms. The zero-order chi connectivity index (χ0) is 16.2. The van der Waals surface area contributed by atoms with Crippen molar-refractivity contribution in [1.29, 1.82) is 0 Å². The number of aliphatic hydroxyl groups is 1. The van der Waals surface area contributed by atoms with E-state index in [0.717, 1.165) is 31.2 Å². The minimum atomic E-state index is -0.145. The van der Waals surface area contributed by atoms with Crippen LogP contribution in [0, 0.1) is 0 Å². The van der Waals surface area contributed by atoms with Crippen LogP contribution < -0.4 is 0 Å². The molecule has 22 heavy (non-hydrogen) atoms. The maximum Gasteiger partial charge on any atom is 0.119 e. The Morgan fingerprint density at radius 1 is 0.727 bits per heavy atom. The summed E-state index contributed by atoms with van der Waals surface area (Å²) in [5.74, 6) is 0.288. The first kappa shape index (κ1) is 18.8. The monoisotopic (exact) mass is 308 g/mol. The van der Waals surface area contributed by atoms with Gasteiger partial charge < -0.3 is 15.3 Å². The topological polar surface area (TPSA) is 60.7 Å². The van der Waals surface area contributed by atoms with Crippen molar-refractivity contribution in [3.8, 4) is 11.5 Å². The highest BCUT2D eigenvalue weighted by Crippen LogP contribution is 2.22. The zero-order valence-corrected chi connectivity index (χ0v) is 13.9. The number of aromatic hydroxyl groups is 2. The van der Waals surface area contributed by atoms with Gasteiger partial charge in [-0.3, -0.25) is 0 Å². The van der Waals surface area contributed by atoms with E-state index < -0.39 is 0 Å². The lowest BCUT2D eigenvalue weighted by Gasteiger charge is -2.05. The molecule has 0 saturated heterocycles. The van der Waals surface area contributed by atoms with Gasteiger partial charge in [0.25, 0.3) is 0 Å². The van der Waals surface area contributed by atoms with Crippen LogP contribution in [0.5, 0.6) is 11.5 Å². The van der Waals surface area contributed by atoms with E-state index >= 15 is 0 Å². The van der Waals surface area contributed by atoms with E-state index in [1.54, 1.807) is 12.1 Å². The summed E-state index contributed by atoms with van der Waals surface area (Å²) in [6, 6.07) is 4.82. The molecule has 0 aromatic heterocycles. The fourth-order valence-electron chi connectivity index (χ4n) is 2.81. The first-order chi connectivity index (χ1) is 10.6. The van der Waals surface area contributed by atoms with Gasteiger partial charge >= 0.3 is 0 Å². The average Bonchev–Trinajstić information content (AvgIpc) is 2.43. The highest BCUT2D eigenvalue weighted by atomic mass is 16.3. The molecule has 3 N–H and O–H groups in total. The normalized spacial score (nSPS) is 12.5. The first-order valence-corrected chi connectivity index (χ1v) is 8.78. The molecule has 1 aromatic rings. The quantitative estimate of drug-likeness (QED) is 0.480. The highest BCUT2D eigenvalue weighted by Gasteiger charge is 2.00. The molecule has 0 fully saturated rings. The lowest BCUT2D eigenvalue weighted by atomic mass is 10.0. The van der Waals surface area contributed by atoms with Gasteiger partial charge in [-0.05, 0) is 43.9 Å². The summed E-state index contributed by atoms with van der Waals surface area (Å²) in [6.07, 6.45) is 12.9. The predicted octanol–water partition coefficient (Wildman–Crippen LogP) is 4.92. The van der Waals surface area contributed by atoms with Crippen LogP contribution in [-0.4, -0.2) is 21.4 Å². The number of aryl methyl sites for hydroxylation is 1. The van der Waals surface area contributed by atoms with Crippen molar-refractivity contribution in [3.63, 3.8) is 0 Å². The standard InChI is InChI=1S/C19H32O3/c1-16(20)11-9-7-5-3-2-4-6-8-10-12-17-13-18(21)15-19(22)14-17/h13-16,20-22H,2-12H2,1H3/t16-/m0/s1. The van der Waals surface area contributed by atoms with Crippen LogP contribution in [0.2, 0.25) is 0 Å². The molecule has 0 saturated carbocycles. The van der Waals surface area contributed by atoms with Crippen LogP contribution in [0.1, 0.15) is 76.7 Å². The summed E-state index contributed by atoms with van der Waals surface area (Å²) >= 11 is 0.